The third-order valence-electron chi connectivity index (χ3n) is 2.19. The van der Waals surface area contributed by atoms with Crippen LogP contribution < -0.4 is 4.74 Å². The zero-order chi connectivity index (χ0) is 13.0. The van der Waals surface area contributed by atoms with Crippen LogP contribution in [0.2, 0.25) is 0 Å². The molecule has 0 amide bonds. The SMILES string of the molecule is Cn1cnnc1SCc1ccc(OC(F)F)cc1. The Kier molecular flexibility index (Phi) is 4.14. The fourth-order valence-corrected chi connectivity index (χ4v) is 2.16. The monoisotopic (exact) mass is 271 g/mol. The van der Waals surface area contributed by atoms with Crippen molar-refractivity contribution < 1.29 is 13.5 Å². The van der Waals surface area contributed by atoms with Crippen LogP contribution in [0.25, 0.3) is 0 Å². The largest absolute Gasteiger partial charge is 0.435 e. The summed E-state index contributed by atoms with van der Waals surface area (Å²) in [7, 11) is 1.86. The lowest BCUT2D eigenvalue weighted by Gasteiger charge is -2.05. The molecule has 2 aromatic rings. The number of benzene rings is 1. The van der Waals surface area contributed by atoms with Crippen LogP contribution in [0.3, 0.4) is 0 Å². The maximum atomic E-state index is 12.0. The molecule has 0 bridgehead atoms. The second-order valence-corrected chi connectivity index (χ2v) is 4.48. The summed E-state index contributed by atoms with van der Waals surface area (Å²) in [6, 6.07) is 6.56. The van der Waals surface area contributed by atoms with Crippen LogP contribution in [-0.2, 0) is 12.8 Å². The van der Waals surface area contributed by atoms with Gasteiger partial charge in [-0.15, -0.1) is 10.2 Å². The van der Waals surface area contributed by atoms with Crippen molar-refractivity contribution in [3.63, 3.8) is 0 Å². The molecule has 0 aliphatic rings. The number of halogens is 2. The van der Waals surface area contributed by atoms with Gasteiger partial charge in [-0.1, -0.05) is 23.9 Å². The number of aryl methyl sites for hydroxylation is 1. The number of thioether (sulfide) groups is 1. The van der Waals surface area contributed by atoms with E-state index >= 15 is 0 Å². The van der Waals surface area contributed by atoms with Gasteiger partial charge in [-0.05, 0) is 17.7 Å². The highest BCUT2D eigenvalue weighted by Crippen LogP contribution is 2.22. The van der Waals surface area contributed by atoms with Crippen LogP contribution in [0.15, 0.2) is 35.7 Å². The topological polar surface area (TPSA) is 39.9 Å². The maximum Gasteiger partial charge on any atom is 0.387 e. The van der Waals surface area contributed by atoms with Gasteiger partial charge in [0, 0.05) is 12.8 Å². The quantitative estimate of drug-likeness (QED) is 0.784. The summed E-state index contributed by atoms with van der Waals surface area (Å²) in [6.07, 6.45) is 1.63. The molecule has 2 rings (SSSR count). The summed E-state index contributed by atoms with van der Waals surface area (Å²) in [5, 5.41) is 8.52. The van der Waals surface area contributed by atoms with Crippen molar-refractivity contribution in [2.45, 2.75) is 17.5 Å². The Hall–Kier alpha value is -1.63. The average molecular weight is 271 g/mol. The highest BCUT2D eigenvalue weighted by Gasteiger charge is 2.05. The Balaban J connectivity index is 1.92. The summed E-state index contributed by atoms with van der Waals surface area (Å²) in [5.74, 6) is 0.860. The van der Waals surface area contributed by atoms with Crippen molar-refractivity contribution in [1.82, 2.24) is 14.8 Å². The molecule has 1 heterocycles. The van der Waals surface area contributed by atoms with E-state index in [4.69, 9.17) is 0 Å². The number of ether oxygens (including phenoxy) is 1. The van der Waals surface area contributed by atoms with Gasteiger partial charge in [0.1, 0.15) is 12.1 Å². The predicted molar refractivity (Wildman–Crippen MR) is 63.6 cm³/mol. The van der Waals surface area contributed by atoms with E-state index in [0.29, 0.717) is 5.75 Å². The molecule has 0 aliphatic heterocycles. The van der Waals surface area contributed by atoms with Gasteiger partial charge in [-0.3, -0.25) is 0 Å². The smallest absolute Gasteiger partial charge is 0.387 e. The van der Waals surface area contributed by atoms with Crippen LogP contribution in [0.5, 0.6) is 5.75 Å². The zero-order valence-electron chi connectivity index (χ0n) is 9.59. The molecule has 0 saturated carbocycles. The van der Waals surface area contributed by atoms with Gasteiger partial charge in [0.15, 0.2) is 5.16 Å². The Morgan fingerprint density at radius 3 is 2.61 bits per heavy atom. The minimum absolute atomic E-state index is 0.164. The molecule has 0 spiro atoms. The maximum absolute atomic E-state index is 12.0. The first kappa shape index (κ1) is 12.8. The fourth-order valence-electron chi connectivity index (χ4n) is 1.32. The molecule has 0 aliphatic carbocycles. The van der Waals surface area contributed by atoms with Crippen LogP contribution in [0.1, 0.15) is 5.56 Å². The van der Waals surface area contributed by atoms with Crippen molar-refractivity contribution in [2.75, 3.05) is 0 Å². The number of nitrogens with zero attached hydrogens (tertiary/aromatic N) is 3. The summed E-state index contributed by atoms with van der Waals surface area (Å²) < 4.78 is 30.0. The number of rotatable bonds is 5. The van der Waals surface area contributed by atoms with Crippen molar-refractivity contribution in [2.24, 2.45) is 7.05 Å². The van der Waals surface area contributed by atoms with Crippen molar-refractivity contribution in [3.8, 4) is 5.75 Å². The summed E-state index contributed by atoms with van der Waals surface area (Å²) in [4.78, 5) is 0. The number of alkyl halides is 2. The van der Waals surface area contributed by atoms with E-state index in [0.717, 1.165) is 10.7 Å². The predicted octanol–water partition coefficient (Wildman–Crippen LogP) is 2.71. The van der Waals surface area contributed by atoms with Gasteiger partial charge in [0.2, 0.25) is 0 Å². The Bertz CT molecular complexity index is 501. The highest BCUT2D eigenvalue weighted by molar-refractivity contribution is 7.98. The molecule has 0 saturated heterocycles. The summed E-state index contributed by atoms with van der Waals surface area (Å²) in [6.45, 7) is -2.79. The fraction of sp³-hybridized carbons (Fsp3) is 0.273. The van der Waals surface area contributed by atoms with Crippen molar-refractivity contribution >= 4 is 11.8 Å². The number of aromatic nitrogens is 3. The molecule has 96 valence electrons. The van der Waals surface area contributed by atoms with Gasteiger partial charge in [0.05, 0.1) is 0 Å². The molecule has 4 nitrogen and oxygen atoms in total. The van der Waals surface area contributed by atoms with Gasteiger partial charge in [0.25, 0.3) is 0 Å². The molecule has 1 aromatic heterocycles. The van der Waals surface area contributed by atoms with E-state index in [-0.39, 0.29) is 5.75 Å². The number of hydrogen-bond donors (Lipinski definition) is 0. The lowest BCUT2D eigenvalue weighted by atomic mass is 10.2. The summed E-state index contributed by atoms with van der Waals surface area (Å²) >= 11 is 1.53. The van der Waals surface area contributed by atoms with E-state index in [1.807, 2.05) is 11.6 Å². The zero-order valence-corrected chi connectivity index (χ0v) is 10.4. The molecule has 0 radical (unpaired) electrons. The first-order valence-corrected chi connectivity index (χ1v) is 6.14. The molecule has 0 atom stereocenters. The van der Waals surface area contributed by atoms with Crippen LogP contribution in [-0.4, -0.2) is 21.4 Å². The van der Waals surface area contributed by atoms with Gasteiger partial charge in [-0.2, -0.15) is 8.78 Å². The Morgan fingerprint density at radius 2 is 2.06 bits per heavy atom. The van der Waals surface area contributed by atoms with E-state index in [9.17, 15) is 8.78 Å². The molecule has 0 fully saturated rings. The minimum Gasteiger partial charge on any atom is -0.435 e. The number of hydrogen-bond acceptors (Lipinski definition) is 4. The third kappa shape index (κ3) is 3.43. The molecular formula is C11H11F2N3OS. The van der Waals surface area contributed by atoms with Crippen molar-refractivity contribution in [3.05, 3.63) is 36.2 Å². The van der Waals surface area contributed by atoms with Crippen LogP contribution in [0.4, 0.5) is 8.78 Å². The average Bonchev–Trinajstić information content (AvgIpc) is 2.73. The standard InChI is InChI=1S/C11H11F2N3OS/c1-16-7-14-15-11(16)18-6-8-2-4-9(5-3-8)17-10(12)13/h2-5,7,10H,6H2,1H3. The van der Waals surface area contributed by atoms with E-state index in [1.54, 1.807) is 18.5 Å². The first-order chi connectivity index (χ1) is 8.65. The van der Waals surface area contributed by atoms with E-state index < -0.39 is 6.61 Å². The Labute approximate surface area is 107 Å². The lowest BCUT2D eigenvalue weighted by molar-refractivity contribution is -0.0498. The molecule has 0 unspecified atom stereocenters. The van der Waals surface area contributed by atoms with Crippen LogP contribution >= 0.6 is 11.8 Å². The normalized spacial score (nSPS) is 10.9. The van der Waals surface area contributed by atoms with Crippen LogP contribution in [0, 0.1) is 0 Å². The van der Waals surface area contributed by atoms with Gasteiger partial charge < -0.3 is 9.30 Å². The van der Waals surface area contributed by atoms with E-state index in [2.05, 4.69) is 14.9 Å². The lowest BCUT2D eigenvalue weighted by Crippen LogP contribution is -2.01. The third-order valence-corrected chi connectivity index (χ3v) is 3.29. The van der Waals surface area contributed by atoms with E-state index in [1.165, 1.54) is 23.9 Å². The summed E-state index contributed by atoms with van der Waals surface area (Å²) in [5.41, 5.74) is 1.00. The second kappa shape index (κ2) is 5.81. The molecule has 7 heteroatoms. The van der Waals surface area contributed by atoms with Gasteiger partial charge >= 0.3 is 6.61 Å². The van der Waals surface area contributed by atoms with Crippen molar-refractivity contribution in [1.29, 1.82) is 0 Å². The minimum atomic E-state index is -2.79. The second-order valence-electron chi connectivity index (χ2n) is 3.54. The molecule has 18 heavy (non-hydrogen) atoms. The first-order valence-electron chi connectivity index (χ1n) is 5.15. The highest BCUT2D eigenvalue weighted by atomic mass is 32.2. The van der Waals surface area contributed by atoms with Gasteiger partial charge in [-0.25, -0.2) is 0 Å². The molecular weight excluding hydrogens is 260 g/mol. The Morgan fingerprint density at radius 1 is 1.33 bits per heavy atom. The molecule has 0 N–H and O–H groups in total. The molecule has 1 aromatic carbocycles.